The molecule has 1 unspecified atom stereocenters. The fourth-order valence-corrected chi connectivity index (χ4v) is 1.34. The Morgan fingerprint density at radius 2 is 1.63 bits per heavy atom. The minimum Gasteiger partial charge on any atom is -0.463 e. The van der Waals surface area contributed by atoms with Crippen LogP contribution >= 0.6 is 0 Å². The molecule has 0 saturated heterocycles. The van der Waals surface area contributed by atoms with Crippen LogP contribution in [0.3, 0.4) is 0 Å². The zero-order valence-corrected chi connectivity index (χ0v) is 12.2. The lowest BCUT2D eigenvalue weighted by molar-refractivity contribution is -0.148. The summed E-state index contributed by atoms with van der Waals surface area (Å²) in [6.07, 6.45) is 3.31. The van der Waals surface area contributed by atoms with E-state index >= 15 is 0 Å². The smallest absolute Gasteiger partial charge is 0.308 e. The molecule has 0 radical (unpaired) electrons. The summed E-state index contributed by atoms with van der Waals surface area (Å²) in [4.78, 5) is 11.3. The van der Waals surface area contributed by atoms with Crippen LogP contribution in [0.2, 0.25) is 0 Å². The first kappa shape index (κ1) is 18.4. The number of rotatable bonds is 13. The quantitative estimate of drug-likeness (QED) is 0.411. The van der Waals surface area contributed by atoms with Crippen LogP contribution in [0.1, 0.15) is 46.0 Å². The summed E-state index contributed by atoms with van der Waals surface area (Å²) in [5.74, 6) is -0.411. The number of carbonyl (C=O) groups excluding carboxylic acids is 1. The fraction of sp³-hybridized carbons (Fsp3) is 0.929. The Kier molecular flexibility index (Phi) is 13.3. The maximum atomic E-state index is 11.3. The summed E-state index contributed by atoms with van der Waals surface area (Å²) in [6.45, 7) is 6.31. The number of carbonyl (C=O) groups is 1. The third-order valence-electron chi connectivity index (χ3n) is 2.49. The Morgan fingerprint density at radius 3 is 2.26 bits per heavy atom. The van der Waals surface area contributed by atoms with E-state index in [2.05, 4.69) is 13.8 Å². The zero-order valence-electron chi connectivity index (χ0n) is 12.2. The van der Waals surface area contributed by atoms with Gasteiger partial charge in [-0.25, -0.2) is 0 Å². The second-order valence-electron chi connectivity index (χ2n) is 4.47. The highest BCUT2D eigenvalue weighted by molar-refractivity contribution is 5.69. The van der Waals surface area contributed by atoms with Gasteiger partial charge in [-0.3, -0.25) is 4.79 Å². The van der Waals surface area contributed by atoms with Crippen LogP contribution in [-0.2, 0) is 19.0 Å². The van der Waals surface area contributed by atoms with Gasteiger partial charge < -0.3 is 19.3 Å². The first-order valence-corrected chi connectivity index (χ1v) is 7.19. The van der Waals surface area contributed by atoms with E-state index in [0.717, 1.165) is 25.7 Å². The van der Waals surface area contributed by atoms with Crippen molar-refractivity contribution in [2.45, 2.75) is 52.1 Å². The molecule has 0 saturated carbocycles. The number of esters is 1. The molecule has 0 aliphatic rings. The number of aliphatic hydroxyl groups is 1. The van der Waals surface area contributed by atoms with Gasteiger partial charge in [0.25, 0.3) is 0 Å². The van der Waals surface area contributed by atoms with Crippen molar-refractivity contribution in [3.63, 3.8) is 0 Å². The monoisotopic (exact) mass is 276 g/mol. The molecular weight excluding hydrogens is 248 g/mol. The van der Waals surface area contributed by atoms with E-state index in [1.54, 1.807) is 0 Å². The molecule has 0 aliphatic heterocycles. The van der Waals surface area contributed by atoms with Crippen LogP contribution in [0.15, 0.2) is 0 Å². The molecule has 0 bridgehead atoms. The average molecular weight is 276 g/mol. The third-order valence-corrected chi connectivity index (χ3v) is 2.49. The second-order valence-corrected chi connectivity index (χ2v) is 4.47. The van der Waals surface area contributed by atoms with Gasteiger partial charge in [-0.2, -0.15) is 0 Å². The molecule has 114 valence electrons. The predicted molar refractivity (Wildman–Crippen MR) is 73.0 cm³/mol. The van der Waals surface area contributed by atoms with Crippen molar-refractivity contribution < 1.29 is 24.1 Å². The predicted octanol–water partition coefficient (Wildman–Crippen LogP) is 1.91. The largest absolute Gasteiger partial charge is 0.463 e. The van der Waals surface area contributed by atoms with Crippen LogP contribution < -0.4 is 0 Å². The van der Waals surface area contributed by atoms with E-state index in [-0.39, 0.29) is 19.6 Å². The van der Waals surface area contributed by atoms with E-state index in [1.165, 1.54) is 0 Å². The summed E-state index contributed by atoms with van der Waals surface area (Å²) in [7, 11) is 0. The van der Waals surface area contributed by atoms with Crippen LogP contribution in [0.5, 0.6) is 0 Å². The maximum Gasteiger partial charge on any atom is 0.308 e. The van der Waals surface area contributed by atoms with Gasteiger partial charge in [-0.15, -0.1) is 0 Å². The van der Waals surface area contributed by atoms with Crippen molar-refractivity contribution in [2.75, 3.05) is 33.0 Å². The first-order chi connectivity index (χ1) is 9.20. The lowest BCUT2D eigenvalue weighted by Crippen LogP contribution is -2.22. The van der Waals surface area contributed by atoms with Crippen molar-refractivity contribution in [1.29, 1.82) is 0 Å². The van der Waals surface area contributed by atoms with Gasteiger partial charge in [0, 0.05) is 13.2 Å². The Morgan fingerprint density at radius 1 is 1.00 bits per heavy atom. The summed E-state index contributed by atoms with van der Waals surface area (Å²) >= 11 is 0. The van der Waals surface area contributed by atoms with Gasteiger partial charge in [0.05, 0.1) is 25.7 Å². The highest BCUT2D eigenvalue weighted by Crippen LogP contribution is 1.98. The molecule has 1 N–H and O–H groups in total. The Labute approximate surface area is 116 Å². The van der Waals surface area contributed by atoms with Gasteiger partial charge in [-0.05, 0) is 12.8 Å². The van der Waals surface area contributed by atoms with Gasteiger partial charge in [0.2, 0.25) is 0 Å². The first-order valence-electron chi connectivity index (χ1n) is 7.19. The van der Waals surface area contributed by atoms with Crippen LogP contribution in [0.25, 0.3) is 0 Å². The number of hydrogen-bond acceptors (Lipinski definition) is 5. The lowest BCUT2D eigenvalue weighted by atomic mass is 10.3. The van der Waals surface area contributed by atoms with Crippen LogP contribution in [0, 0.1) is 0 Å². The molecule has 5 nitrogen and oxygen atoms in total. The maximum absolute atomic E-state index is 11.3. The third kappa shape index (κ3) is 13.6. The normalized spacial score (nSPS) is 12.4. The molecule has 0 aromatic rings. The molecular formula is C14H28O5. The van der Waals surface area contributed by atoms with Crippen molar-refractivity contribution in [3.8, 4) is 0 Å². The number of ether oxygens (including phenoxy) is 3. The molecule has 0 spiro atoms. The minimum absolute atomic E-state index is 0.0267. The molecule has 5 heteroatoms. The van der Waals surface area contributed by atoms with E-state index in [1.807, 2.05) is 0 Å². The SMILES string of the molecule is CCCCOCCOC(=O)CC(O)COCCCC. The van der Waals surface area contributed by atoms with E-state index in [9.17, 15) is 9.90 Å². The highest BCUT2D eigenvalue weighted by Gasteiger charge is 2.11. The lowest BCUT2D eigenvalue weighted by Gasteiger charge is -2.11. The summed E-state index contributed by atoms with van der Waals surface area (Å²) < 4.78 is 15.4. The van der Waals surface area contributed by atoms with Gasteiger partial charge in [-0.1, -0.05) is 26.7 Å². The minimum atomic E-state index is -0.787. The number of unbranched alkanes of at least 4 members (excludes halogenated alkanes) is 2. The summed E-state index contributed by atoms with van der Waals surface area (Å²) in [6, 6.07) is 0. The molecule has 0 rings (SSSR count). The molecule has 0 amide bonds. The van der Waals surface area contributed by atoms with Gasteiger partial charge in [0.1, 0.15) is 6.61 Å². The Hall–Kier alpha value is -0.650. The molecule has 0 fully saturated rings. The second kappa shape index (κ2) is 13.8. The standard InChI is InChI=1S/C14H28O5/c1-3-5-7-17-9-10-19-14(16)11-13(15)12-18-8-6-4-2/h13,15H,3-12H2,1-2H3. The van der Waals surface area contributed by atoms with Crippen molar-refractivity contribution in [1.82, 2.24) is 0 Å². The topological polar surface area (TPSA) is 65.0 Å². The molecule has 0 heterocycles. The Balaban J connectivity index is 3.36. The number of hydrogen-bond donors (Lipinski definition) is 1. The van der Waals surface area contributed by atoms with Gasteiger partial charge >= 0.3 is 5.97 Å². The van der Waals surface area contributed by atoms with E-state index < -0.39 is 12.1 Å². The molecule has 19 heavy (non-hydrogen) atoms. The van der Waals surface area contributed by atoms with E-state index in [0.29, 0.717) is 19.8 Å². The number of aliphatic hydroxyl groups excluding tert-OH is 1. The molecule has 0 aliphatic carbocycles. The van der Waals surface area contributed by atoms with Crippen molar-refractivity contribution in [3.05, 3.63) is 0 Å². The highest BCUT2D eigenvalue weighted by atomic mass is 16.6. The summed E-state index contributed by atoms with van der Waals surface area (Å²) in [5.41, 5.74) is 0. The molecule has 1 atom stereocenters. The fourth-order valence-electron chi connectivity index (χ4n) is 1.34. The summed E-state index contributed by atoms with van der Waals surface area (Å²) in [5, 5.41) is 9.53. The van der Waals surface area contributed by atoms with E-state index in [4.69, 9.17) is 14.2 Å². The van der Waals surface area contributed by atoms with Crippen molar-refractivity contribution >= 4 is 5.97 Å². The average Bonchev–Trinajstić information content (AvgIpc) is 2.39. The van der Waals surface area contributed by atoms with Crippen LogP contribution in [0.4, 0.5) is 0 Å². The molecule has 0 aromatic heterocycles. The molecule has 0 aromatic carbocycles. The zero-order chi connectivity index (χ0) is 14.3. The van der Waals surface area contributed by atoms with Gasteiger partial charge in [0.15, 0.2) is 0 Å². The Bertz CT molecular complexity index is 208. The van der Waals surface area contributed by atoms with Crippen molar-refractivity contribution in [2.24, 2.45) is 0 Å². The van der Waals surface area contributed by atoms with Crippen LogP contribution in [-0.4, -0.2) is 50.2 Å².